The van der Waals surface area contributed by atoms with E-state index in [2.05, 4.69) is 10.3 Å². The highest BCUT2D eigenvalue weighted by Crippen LogP contribution is 2.33. The number of imidazole rings is 1. The van der Waals surface area contributed by atoms with Crippen molar-refractivity contribution in [2.24, 2.45) is 0 Å². The Labute approximate surface area is 156 Å². The van der Waals surface area contributed by atoms with Gasteiger partial charge in [-0.2, -0.15) is 13.2 Å². The van der Waals surface area contributed by atoms with Crippen LogP contribution in [0.15, 0.2) is 36.5 Å². The molecule has 136 valence electrons. The van der Waals surface area contributed by atoms with Gasteiger partial charge in [0.15, 0.2) is 5.65 Å². The molecule has 3 aromatic rings. The molecular weight excluding hydrogens is 390 g/mol. The third-order valence-corrected chi connectivity index (χ3v) is 4.29. The van der Waals surface area contributed by atoms with Crippen LogP contribution in [0.2, 0.25) is 10.0 Å². The Morgan fingerprint density at radius 1 is 1.23 bits per heavy atom. The van der Waals surface area contributed by atoms with Crippen LogP contribution in [0.25, 0.3) is 5.65 Å². The van der Waals surface area contributed by atoms with Crippen LogP contribution in [0, 0.1) is 6.92 Å². The second kappa shape index (κ2) is 6.81. The second-order valence-electron chi connectivity index (χ2n) is 5.62. The van der Waals surface area contributed by atoms with Crippen molar-refractivity contribution in [3.8, 4) is 0 Å². The van der Waals surface area contributed by atoms with Crippen molar-refractivity contribution in [3.63, 3.8) is 0 Å². The van der Waals surface area contributed by atoms with E-state index in [1.54, 1.807) is 24.3 Å². The van der Waals surface area contributed by atoms with Gasteiger partial charge in [0.25, 0.3) is 5.91 Å². The summed E-state index contributed by atoms with van der Waals surface area (Å²) < 4.78 is 40.2. The van der Waals surface area contributed by atoms with Crippen LogP contribution in [0.4, 0.5) is 13.2 Å². The Balaban J connectivity index is 1.95. The molecule has 0 radical (unpaired) electrons. The van der Waals surface area contributed by atoms with Gasteiger partial charge < -0.3 is 5.32 Å². The topological polar surface area (TPSA) is 46.4 Å². The van der Waals surface area contributed by atoms with Crippen LogP contribution in [0.3, 0.4) is 0 Å². The van der Waals surface area contributed by atoms with Crippen molar-refractivity contribution >= 4 is 34.8 Å². The summed E-state index contributed by atoms with van der Waals surface area (Å²) in [6, 6.07) is 7.62. The van der Waals surface area contributed by atoms with Gasteiger partial charge in [-0.15, -0.1) is 0 Å². The number of carbonyl (C=O) groups is 1. The molecule has 0 aliphatic rings. The molecule has 3 rings (SSSR count). The standard InChI is InChI=1S/C17H12Cl2F3N3O/c1-9-14(16(26)23-7-10-2-4-12(18)5-3-10)25-8-11(17(20,21)22)6-13(19)15(25)24-9/h2-6,8H,7H2,1H3,(H,23,26). The van der Waals surface area contributed by atoms with E-state index >= 15 is 0 Å². The van der Waals surface area contributed by atoms with Gasteiger partial charge in [-0.25, -0.2) is 4.98 Å². The van der Waals surface area contributed by atoms with Gasteiger partial charge >= 0.3 is 6.18 Å². The van der Waals surface area contributed by atoms with Crippen LogP contribution < -0.4 is 5.32 Å². The predicted molar refractivity (Wildman–Crippen MR) is 92.6 cm³/mol. The first-order valence-corrected chi connectivity index (χ1v) is 8.20. The fourth-order valence-electron chi connectivity index (χ4n) is 2.51. The van der Waals surface area contributed by atoms with Gasteiger partial charge in [-0.1, -0.05) is 35.3 Å². The SMILES string of the molecule is Cc1nc2c(Cl)cc(C(F)(F)F)cn2c1C(=O)NCc1ccc(Cl)cc1. The molecule has 2 aromatic heterocycles. The maximum atomic E-state index is 13.0. The molecule has 0 aliphatic carbocycles. The number of benzene rings is 1. The summed E-state index contributed by atoms with van der Waals surface area (Å²) in [6.45, 7) is 1.73. The number of amides is 1. The molecule has 0 fully saturated rings. The number of pyridine rings is 1. The molecule has 0 unspecified atom stereocenters. The monoisotopic (exact) mass is 401 g/mol. The Kier molecular flexibility index (Phi) is 4.86. The van der Waals surface area contributed by atoms with Crippen molar-refractivity contribution in [2.75, 3.05) is 0 Å². The zero-order valence-corrected chi connectivity index (χ0v) is 14.9. The fourth-order valence-corrected chi connectivity index (χ4v) is 2.89. The van der Waals surface area contributed by atoms with Gasteiger partial charge in [0.2, 0.25) is 0 Å². The summed E-state index contributed by atoms with van der Waals surface area (Å²) in [5, 5.41) is 3.05. The Morgan fingerprint density at radius 3 is 2.50 bits per heavy atom. The van der Waals surface area contributed by atoms with Gasteiger partial charge in [-0.3, -0.25) is 9.20 Å². The highest BCUT2D eigenvalue weighted by molar-refractivity contribution is 6.33. The minimum Gasteiger partial charge on any atom is -0.347 e. The highest BCUT2D eigenvalue weighted by Gasteiger charge is 2.32. The Morgan fingerprint density at radius 2 is 1.88 bits per heavy atom. The van der Waals surface area contributed by atoms with Gasteiger partial charge in [0.05, 0.1) is 16.3 Å². The lowest BCUT2D eigenvalue weighted by Gasteiger charge is -2.10. The molecule has 1 aromatic carbocycles. The van der Waals surface area contributed by atoms with Crippen molar-refractivity contribution in [2.45, 2.75) is 19.6 Å². The average molecular weight is 402 g/mol. The summed E-state index contributed by atoms with van der Waals surface area (Å²) in [5.74, 6) is -0.555. The molecular formula is C17H12Cl2F3N3O. The molecule has 4 nitrogen and oxygen atoms in total. The molecule has 0 atom stereocenters. The number of carbonyl (C=O) groups excluding carboxylic acids is 1. The summed E-state index contributed by atoms with van der Waals surface area (Å²) in [6.07, 6.45) is -3.77. The van der Waals surface area contributed by atoms with E-state index in [-0.39, 0.29) is 28.6 Å². The number of hydrogen-bond donors (Lipinski definition) is 1. The third-order valence-electron chi connectivity index (χ3n) is 3.76. The van der Waals surface area contributed by atoms with Crippen LogP contribution in [0.5, 0.6) is 0 Å². The first-order valence-electron chi connectivity index (χ1n) is 7.45. The number of rotatable bonds is 3. The number of hydrogen-bond acceptors (Lipinski definition) is 2. The van der Waals surface area contributed by atoms with Crippen molar-refractivity contribution < 1.29 is 18.0 Å². The van der Waals surface area contributed by atoms with Crippen molar-refractivity contribution in [1.82, 2.24) is 14.7 Å². The minimum atomic E-state index is -4.59. The molecule has 0 aliphatic heterocycles. The Hall–Kier alpha value is -2.25. The maximum Gasteiger partial charge on any atom is 0.417 e. The van der Waals surface area contributed by atoms with Crippen LogP contribution in [-0.2, 0) is 12.7 Å². The minimum absolute atomic E-state index is 0.00182. The number of aromatic nitrogens is 2. The van der Waals surface area contributed by atoms with E-state index in [0.29, 0.717) is 5.02 Å². The molecule has 9 heteroatoms. The number of alkyl halides is 3. The molecule has 1 amide bonds. The zero-order valence-electron chi connectivity index (χ0n) is 13.4. The van der Waals surface area contributed by atoms with E-state index < -0.39 is 17.6 Å². The predicted octanol–water partition coefficient (Wildman–Crippen LogP) is 4.90. The van der Waals surface area contributed by atoms with E-state index in [4.69, 9.17) is 23.2 Å². The van der Waals surface area contributed by atoms with E-state index in [9.17, 15) is 18.0 Å². The molecule has 26 heavy (non-hydrogen) atoms. The normalized spacial score (nSPS) is 11.8. The summed E-state index contributed by atoms with van der Waals surface area (Å²) in [7, 11) is 0. The van der Waals surface area contributed by atoms with Gasteiger partial charge in [-0.05, 0) is 30.7 Å². The number of fused-ring (bicyclic) bond motifs is 1. The fraction of sp³-hybridized carbons (Fsp3) is 0.176. The van der Waals surface area contributed by atoms with Crippen LogP contribution >= 0.6 is 23.2 Å². The number of aryl methyl sites for hydroxylation is 1. The summed E-state index contributed by atoms with van der Waals surface area (Å²) >= 11 is 11.7. The lowest BCUT2D eigenvalue weighted by Crippen LogP contribution is -2.25. The summed E-state index contributed by atoms with van der Waals surface area (Å²) in [5.41, 5.74) is 0.206. The molecule has 0 saturated carbocycles. The number of halogens is 5. The summed E-state index contributed by atoms with van der Waals surface area (Å²) in [4.78, 5) is 16.6. The van der Waals surface area contributed by atoms with E-state index in [0.717, 1.165) is 22.2 Å². The lowest BCUT2D eigenvalue weighted by molar-refractivity contribution is -0.137. The second-order valence-corrected chi connectivity index (χ2v) is 6.47. The molecule has 0 spiro atoms. The number of nitrogens with zero attached hydrogens (tertiary/aromatic N) is 2. The first-order chi connectivity index (χ1) is 12.2. The quantitative estimate of drug-likeness (QED) is 0.678. The first kappa shape index (κ1) is 18.5. The largest absolute Gasteiger partial charge is 0.417 e. The molecule has 0 saturated heterocycles. The van der Waals surface area contributed by atoms with Gasteiger partial charge in [0.1, 0.15) is 5.69 Å². The molecule has 1 N–H and O–H groups in total. The average Bonchev–Trinajstić information content (AvgIpc) is 2.90. The zero-order chi connectivity index (χ0) is 19.1. The third kappa shape index (κ3) is 3.64. The van der Waals surface area contributed by atoms with Gasteiger partial charge in [0, 0.05) is 17.8 Å². The van der Waals surface area contributed by atoms with E-state index in [1.807, 2.05) is 0 Å². The molecule has 2 heterocycles. The van der Waals surface area contributed by atoms with Crippen molar-refractivity contribution in [3.05, 3.63) is 69.1 Å². The van der Waals surface area contributed by atoms with Crippen molar-refractivity contribution in [1.29, 1.82) is 0 Å². The number of nitrogens with one attached hydrogen (secondary N) is 1. The van der Waals surface area contributed by atoms with E-state index in [1.165, 1.54) is 6.92 Å². The highest BCUT2D eigenvalue weighted by atomic mass is 35.5. The Bertz CT molecular complexity index is 982. The smallest absolute Gasteiger partial charge is 0.347 e. The van der Waals surface area contributed by atoms with Crippen LogP contribution in [0.1, 0.15) is 27.3 Å². The van der Waals surface area contributed by atoms with Crippen LogP contribution in [-0.4, -0.2) is 15.3 Å². The lowest BCUT2D eigenvalue weighted by atomic mass is 10.2. The maximum absolute atomic E-state index is 13.0. The molecule has 0 bridgehead atoms.